The van der Waals surface area contributed by atoms with Crippen LogP contribution in [0.5, 0.6) is 0 Å². The molecule has 0 saturated carbocycles. The van der Waals surface area contributed by atoms with Gasteiger partial charge in [-0.1, -0.05) is 49.7 Å². The number of hydrogen-bond acceptors (Lipinski definition) is 1. The van der Waals surface area contributed by atoms with Gasteiger partial charge in [0.1, 0.15) is 0 Å². The average Bonchev–Trinajstić information content (AvgIpc) is 2.37. The van der Waals surface area contributed by atoms with Crippen LogP contribution in [0, 0.1) is 5.92 Å². The third-order valence-electron chi connectivity index (χ3n) is 3.12. The van der Waals surface area contributed by atoms with Gasteiger partial charge in [0.25, 0.3) is 0 Å². The van der Waals surface area contributed by atoms with Crippen molar-refractivity contribution in [3.63, 3.8) is 0 Å². The fourth-order valence-electron chi connectivity index (χ4n) is 2.06. The first-order valence-corrected chi connectivity index (χ1v) is 6.68. The molecule has 0 saturated heterocycles. The van der Waals surface area contributed by atoms with Crippen molar-refractivity contribution in [2.24, 2.45) is 5.92 Å². The van der Waals surface area contributed by atoms with Gasteiger partial charge in [0.2, 0.25) is 0 Å². The minimum absolute atomic E-state index is 0.205. The molecule has 2 rings (SSSR count). The molecule has 0 radical (unpaired) electrons. The average molecular weight is 261 g/mol. The van der Waals surface area contributed by atoms with Crippen LogP contribution in [0.1, 0.15) is 37.0 Å². The van der Waals surface area contributed by atoms with E-state index in [0.29, 0.717) is 17.4 Å². The summed E-state index contributed by atoms with van der Waals surface area (Å²) in [5.74, 6) is 0.754. The highest BCUT2D eigenvalue weighted by atomic mass is 35.5. The SMILES string of the molecule is CC(C)CCC(=O)c1ccc(Cl)c2ccccc12. The zero-order valence-corrected chi connectivity index (χ0v) is 11.5. The first-order chi connectivity index (χ1) is 8.59. The van der Waals surface area contributed by atoms with Crippen LogP contribution in [0.4, 0.5) is 0 Å². The van der Waals surface area contributed by atoms with E-state index in [9.17, 15) is 4.79 Å². The van der Waals surface area contributed by atoms with Gasteiger partial charge in [-0.15, -0.1) is 0 Å². The summed E-state index contributed by atoms with van der Waals surface area (Å²) in [7, 11) is 0. The molecule has 2 aromatic rings. The van der Waals surface area contributed by atoms with E-state index in [1.54, 1.807) is 0 Å². The molecule has 0 N–H and O–H groups in total. The minimum atomic E-state index is 0.205. The predicted molar refractivity (Wildman–Crippen MR) is 77.4 cm³/mol. The van der Waals surface area contributed by atoms with Crippen LogP contribution in [0.2, 0.25) is 5.02 Å². The van der Waals surface area contributed by atoms with E-state index in [1.165, 1.54) is 0 Å². The Morgan fingerprint density at radius 2 is 1.78 bits per heavy atom. The Morgan fingerprint density at radius 1 is 1.11 bits per heavy atom. The van der Waals surface area contributed by atoms with Crippen molar-refractivity contribution in [2.75, 3.05) is 0 Å². The molecule has 0 heterocycles. The molecule has 0 aromatic heterocycles. The van der Waals surface area contributed by atoms with Crippen molar-refractivity contribution in [3.8, 4) is 0 Å². The van der Waals surface area contributed by atoms with Gasteiger partial charge in [-0.3, -0.25) is 4.79 Å². The fourth-order valence-corrected chi connectivity index (χ4v) is 2.29. The van der Waals surface area contributed by atoms with Crippen molar-refractivity contribution in [1.82, 2.24) is 0 Å². The summed E-state index contributed by atoms with van der Waals surface area (Å²) in [5.41, 5.74) is 0.788. The van der Waals surface area contributed by atoms with Crippen LogP contribution >= 0.6 is 11.6 Å². The van der Waals surface area contributed by atoms with Gasteiger partial charge in [0.15, 0.2) is 5.78 Å². The molecule has 0 spiro atoms. The number of carbonyl (C=O) groups is 1. The van der Waals surface area contributed by atoms with Gasteiger partial charge in [0, 0.05) is 22.4 Å². The summed E-state index contributed by atoms with van der Waals surface area (Å²) in [6.07, 6.45) is 1.53. The Labute approximate surface area is 113 Å². The molecule has 18 heavy (non-hydrogen) atoms. The second-order valence-electron chi connectivity index (χ2n) is 5.00. The molecule has 1 nitrogen and oxygen atoms in total. The van der Waals surface area contributed by atoms with E-state index in [1.807, 2.05) is 36.4 Å². The van der Waals surface area contributed by atoms with E-state index in [4.69, 9.17) is 11.6 Å². The van der Waals surface area contributed by atoms with Crippen LogP contribution < -0.4 is 0 Å². The van der Waals surface area contributed by atoms with Gasteiger partial charge in [-0.2, -0.15) is 0 Å². The zero-order valence-electron chi connectivity index (χ0n) is 10.7. The lowest BCUT2D eigenvalue weighted by Crippen LogP contribution is -2.02. The van der Waals surface area contributed by atoms with E-state index >= 15 is 0 Å². The van der Waals surface area contributed by atoms with Crippen LogP contribution in [0.25, 0.3) is 10.8 Å². The Hall–Kier alpha value is -1.34. The molecule has 0 fully saturated rings. The van der Waals surface area contributed by atoms with Crippen LogP contribution in [-0.4, -0.2) is 5.78 Å². The van der Waals surface area contributed by atoms with Gasteiger partial charge < -0.3 is 0 Å². The monoisotopic (exact) mass is 260 g/mol. The van der Waals surface area contributed by atoms with Crippen LogP contribution in [-0.2, 0) is 0 Å². The number of carbonyl (C=O) groups excluding carboxylic acids is 1. The highest BCUT2D eigenvalue weighted by molar-refractivity contribution is 6.36. The largest absolute Gasteiger partial charge is 0.294 e. The number of halogens is 1. The van der Waals surface area contributed by atoms with Gasteiger partial charge in [0.05, 0.1) is 0 Å². The Bertz CT molecular complexity index is 572. The van der Waals surface area contributed by atoms with Gasteiger partial charge >= 0.3 is 0 Å². The molecule has 2 heteroatoms. The van der Waals surface area contributed by atoms with E-state index in [-0.39, 0.29) is 5.78 Å². The molecular weight excluding hydrogens is 244 g/mol. The Kier molecular flexibility index (Phi) is 4.03. The van der Waals surface area contributed by atoms with E-state index in [2.05, 4.69) is 13.8 Å². The highest BCUT2D eigenvalue weighted by Crippen LogP contribution is 2.27. The molecule has 0 aliphatic carbocycles. The molecule has 0 aliphatic rings. The number of ketones is 1. The van der Waals surface area contributed by atoms with Gasteiger partial charge in [-0.05, 0) is 29.9 Å². The maximum atomic E-state index is 12.2. The number of rotatable bonds is 4. The molecule has 0 atom stereocenters. The van der Waals surface area contributed by atoms with Crippen molar-refractivity contribution in [2.45, 2.75) is 26.7 Å². The number of Topliss-reactive ketones (excluding diaryl/α,β-unsaturated/α-hetero) is 1. The molecular formula is C16H17ClO. The Balaban J connectivity index is 2.39. The number of hydrogen-bond donors (Lipinski definition) is 0. The molecule has 0 amide bonds. The lowest BCUT2D eigenvalue weighted by atomic mass is 9.97. The van der Waals surface area contributed by atoms with E-state index in [0.717, 1.165) is 22.8 Å². The van der Waals surface area contributed by atoms with Crippen molar-refractivity contribution in [3.05, 3.63) is 47.0 Å². The lowest BCUT2D eigenvalue weighted by Gasteiger charge is -2.08. The lowest BCUT2D eigenvalue weighted by molar-refractivity contribution is 0.0977. The second-order valence-corrected chi connectivity index (χ2v) is 5.40. The normalized spacial score (nSPS) is 11.1. The van der Waals surface area contributed by atoms with E-state index < -0.39 is 0 Å². The quantitative estimate of drug-likeness (QED) is 0.698. The first-order valence-electron chi connectivity index (χ1n) is 6.30. The zero-order chi connectivity index (χ0) is 13.1. The smallest absolute Gasteiger partial charge is 0.163 e. The van der Waals surface area contributed by atoms with Gasteiger partial charge in [-0.25, -0.2) is 0 Å². The molecule has 2 aromatic carbocycles. The topological polar surface area (TPSA) is 17.1 Å². The summed E-state index contributed by atoms with van der Waals surface area (Å²) in [6.45, 7) is 4.26. The maximum Gasteiger partial charge on any atom is 0.163 e. The number of benzene rings is 2. The first kappa shape index (κ1) is 13.1. The minimum Gasteiger partial charge on any atom is -0.294 e. The fraction of sp³-hybridized carbons (Fsp3) is 0.312. The molecule has 94 valence electrons. The van der Waals surface area contributed by atoms with Crippen molar-refractivity contribution >= 4 is 28.2 Å². The number of fused-ring (bicyclic) bond motifs is 1. The maximum absolute atomic E-state index is 12.2. The Morgan fingerprint density at radius 3 is 2.44 bits per heavy atom. The standard InChI is InChI=1S/C16H17ClO/c1-11(2)7-10-16(18)14-8-9-15(17)13-6-4-3-5-12(13)14/h3-6,8-9,11H,7,10H2,1-2H3. The summed E-state index contributed by atoms with van der Waals surface area (Å²) in [4.78, 5) is 12.2. The van der Waals surface area contributed by atoms with Crippen molar-refractivity contribution in [1.29, 1.82) is 0 Å². The predicted octanol–water partition coefficient (Wildman–Crippen LogP) is 5.11. The molecule has 0 aliphatic heterocycles. The highest BCUT2D eigenvalue weighted by Gasteiger charge is 2.11. The summed E-state index contributed by atoms with van der Waals surface area (Å²) in [5, 5.41) is 2.61. The van der Waals surface area contributed by atoms with Crippen molar-refractivity contribution < 1.29 is 4.79 Å². The summed E-state index contributed by atoms with van der Waals surface area (Å²) < 4.78 is 0. The third-order valence-corrected chi connectivity index (χ3v) is 3.45. The summed E-state index contributed by atoms with van der Waals surface area (Å²) in [6, 6.07) is 11.5. The second kappa shape index (κ2) is 5.53. The molecule has 0 unspecified atom stereocenters. The molecule has 0 bridgehead atoms. The summed E-state index contributed by atoms with van der Waals surface area (Å²) >= 11 is 6.15. The van der Waals surface area contributed by atoms with Crippen LogP contribution in [0.15, 0.2) is 36.4 Å². The van der Waals surface area contributed by atoms with Crippen LogP contribution in [0.3, 0.4) is 0 Å². The third kappa shape index (κ3) is 2.73.